The summed E-state index contributed by atoms with van der Waals surface area (Å²) in [5.74, 6) is 0.236. The van der Waals surface area contributed by atoms with E-state index in [4.69, 9.17) is 0 Å². The molecule has 2 nitrogen and oxygen atoms in total. The van der Waals surface area contributed by atoms with Gasteiger partial charge in [-0.2, -0.15) is 0 Å². The van der Waals surface area contributed by atoms with E-state index in [9.17, 15) is 4.79 Å². The molecule has 0 aliphatic rings. The average molecular weight is 306 g/mol. The Bertz CT molecular complexity index is 580. The van der Waals surface area contributed by atoms with Crippen LogP contribution in [0.2, 0.25) is 0 Å². The molecule has 0 fully saturated rings. The van der Waals surface area contributed by atoms with Crippen molar-refractivity contribution in [3.05, 3.63) is 41.6 Å². The fourth-order valence-electron chi connectivity index (χ4n) is 2.00. The van der Waals surface area contributed by atoms with E-state index in [1.807, 2.05) is 32.0 Å². The van der Waals surface area contributed by atoms with Gasteiger partial charge in [0.15, 0.2) is 0 Å². The van der Waals surface area contributed by atoms with Crippen molar-refractivity contribution in [2.75, 3.05) is 0 Å². The van der Waals surface area contributed by atoms with Gasteiger partial charge < -0.3 is 0 Å². The van der Waals surface area contributed by atoms with Crippen molar-refractivity contribution in [3.63, 3.8) is 0 Å². The number of hydrogen-bond acceptors (Lipinski definition) is 2. The molecule has 0 aliphatic carbocycles. The van der Waals surface area contributed by atoms with Gasteiger partial charge in [-0.15, -0.1) is 0 Å². The number of alkyl halides is 1. The first-order chi connectivity index (χ1) is 8.61. The fraction of sp³-hybridized carbons (Fsp3) is 0.333. The lowest BCUT2D eigenvalue weighted by Crippen LogP contribution is -2.15. The van der Waals surface area contributed by atoms with E-state index in [2.05, 4.69) is 33.0 Å². The standard InChI is InChI=1S/C15H16BrNO/c1-3-14(18)13(16)9-12-6-4-5-11-8-7-10(2)17-15(11)12/h4-8,13H,3,9H2,1-2H3. The normalized spacial score (nSPS) is 12.6. The Balaban J connectivity index is 2.38. The van der Waals surface area contributed by atoms with Gasteiger partial charge in [0.25, 0.3) is 0 Å². The number of aryl methyl sites for hydroxylation is 1. The molecule has 2 rings (SSSR count). The first-order valence-electron chi connectivity index (χ1n) is 6.14. The Kier molecular flexibility index (Phi) is 4.12. The van der Waals surface area contributed by atoms with E-state index in [-0.39, 0.29) is 10.6 Å². The molecule has 94 valence electrons. The summed E-state index contributed by atoms with van der Waals surface area (Å²) < 4.78 is 0. The van der Waals surface area contributed by atoms with Crippen molar-refractivity contribution < 1.29 is 4.79 Å². The predicted molar refractivity (Wildman–Crippen MR) is 78.2 cm³/mol. The molecule has 0 saturated heterocycles. The number of nitrogens with zero attached hydrogens (tertiary/aromatic N) is 1. The molecule has 0 saturated carbocycles. The Morgan fingerprint density at radius 1 is 1.33 bits per heavy atom. The Morgan fingerprint density at radius 2 is 2.11 bits per heavy atom. The fourth-order valence-corrected chi connectivity index (χ4v) is 2.67. The molecule has 0 bridgehead atoms. The number of benzene rings is 1. The monoisotopic (exact) mass is 305 g/mol. The van der Waals surface area contributed by atoms with Crippen molar-refractivity contribution in [2.45, 2.75) is 31.5 Å². The summed E-state index contributed by atoms with van der Waals surface area (Å²) in [6.07, 6.45) is 1.26. The molecule has 0 aliphatic heterocycles. The molecule has 0 spiro atoms. The highest BCUT2D eigenvalue weighted by molar-refractivity contribution is 9.10. The third-order valence-electron chi connectivity index (χ3n) is 3.04. The lowest BCUT2D eigenvalue weighted by molar-refractivity contribution is -0.118. The second-order valence-corrected chi connectivity index (χ2v) is 5.54. The zero-order valence-electron chi connectivity index (χ0n) is 10.6. The molecular weight excluding hydrogens is 290 g/mol. The largest absolute Gasteiger partial charge is 0.298 e. The van der Waals surface area contributed by atoms with Crippen LogP contribution in [0.3, 0.4) is 0 Å². The van der Waals surface area contributed by atoms with Crippen molar-refractivity contribution in [1.82, 2.24) is 4.98 Å². The quantitative estimate of drug-likeness (QED) is 0.804. The molecule has 1 unspecified atom stereocenters. The van der Waals surface area contributed by atoms with Gasteiger partial charge in [-0.25, -0.2) is 0 Å². The van der Waals surface area contributed by atoms with Gasteiger partial charge in [0.1, 0.15) is 5.78 Å². The third kappa shape index (κ3) is 2.78. The van der Waals surface area contributed by atoms with Crippen LogP contribution in [-0.4, -0.2) is 15.6 Å². The van der Waals surface area contributed by atoms with Crippen LogP contribution >= 0.6 is 15.9 Å². The number of fused-ring (bicyclic) bond motifs is 1. The Morgan fingerprint density at radius 3 is 2.83 bits per heavy atom. The maximum Gasteiger partial charge on any atom is 0.146 e. The summed E-state index contributed by atoms with van der Waals surface area (Å²) in [6, 6.07) is 10.2. The number of pyridine rings is 1. The van der Waals surface area contributed by atoms with Crippen LogP contribution in [0.4, 0.5) is 0 Å². The summed E-state index contributed by atoms with van der Waals surface area (Å²) >= 11 is 3.47. The SMILES string of the molecule is CCC(=O)C(Br)Cc1cccc2ccc(C)nc12. The van der Waals surface area contributed by atoms with Gasteiger partial charge >= 0.3 is 0 Å². The van der Waals surface area contributed by atoms with Gasteiger partial charge in [0.2, 0.25) is 0 Å². The molecule has 1 aromatic carbocycles. The van der Waals surface area contributed by atoms with Gasteiger partial charge in [-0.3, -0.25) is 9.78 Å². The molecular formula is C15H16BrNO. The molecule has 3 heteroatoms. The van der Waals surface area contributed by atoms with E-state index < -0.39 is 0 Å². The van der Waals surface area contributed by atoms with E-state index >= 15 is 0 Å². The van der Waals surface area contributed by atoms with Crippen molar-refractivity contribution in [1.29, 1.82) is 0 Å². The molecule has 1 atom stereocenters. The van der Waals surface area contributed by atoms with Gasteiger partial charge in [-0.05, 0) is 25.0 Å². The summed E-state index contributed by atoms with van der Waals surface area (Å²) in [7, 11) is 0. The lowest BCUT2D eigenvalue weighted by atomic mass is 10.0. The highest BCUT2D eigenvalue weighted by atomic mass is 79.9. The molecule has 0 N–H and O–H groups in total. The van der Waals surface area contributed by atoms with Crippen molar-refractivity contribution >= 4 is 32.6 Å². The number of Topliss-reactive ketones (excluding diaryl/α,β-unsaturated/α-hetero) is 1. The number of rotatable bonds is 4. The average Bonchev–Trinajstić information content (AvgIpc) is 2.38. The number of carbonyl (C=O) groups excluding carboxylic acids is 1. The van der Waals surface area contributed by atoms with Crippen LogP contribution in [0.25, 0.3) is 10.9 Å². The van der Waals surface area contributed by atoms with Crippen LogP contribution in [0.5, 0.6) is 0 Å². The molecule has 18 heavy (non-hydrogen) atoms. The van der Waals surface area contributed by atoms with Crippen molar-refractivity contribution in [2.24, 2.45) is 0 Å². The minimum Gasteiger partial charge on any atom is -0.298 e. The zero-order chi connectivity index (χ0) is 13.1. The van der Waals surface area contributed by atoms with Gasteiger partial charge in [-0.1, -0.05) is 47.1 Å². The third-order valence-corrected chi connectivity index (χ3v) is 3.87. The number of carbonyl (C=O) groups is 1. The van der Waals surface area contributed by atoms with Crippen molar-refractivity contribution in [3.8, 4) is 0 Å². The topological polar surface area (TPSA) is 30.0 Å². The number of ketones is 1. The minimum atomic E-state index is -0.115. The highest BCUT2D eigenvalue weighted by Crippen LogP contribution is 2.21. The van der Waals surface area contributed by atoms with Crippen LogP contribution in [0, 0.1) is 6.92 Å². The van der Waals surface area contributed by atoms with Crippen LogP contribution in [-0.2, 0) is 11.2 Å². The number of halogens is 1. The smallest absolute Gasteiger partial charge is 0.146 e. The first kappa shape index (κ1) is 13.2. The molecule has 1 heterocycles. The summed E-state index contributed by atoms with van der Waals surface area (Å²) in [5, 5.41) is 1.13. The Labute approximate surface area is 116 Å². The minimum absolute atomic E-state index is 0.115. The maximum absolute atomic E-state index is 11.7. The second-order valence-electron chi connectivity index (χ2n) is 4.43. The molecule has 0 amide bonds. The zero-order valence-corrected chi connectivity index (χ0v) is 12.2. The number of hydrogen-bond donors (Lipinski definition) is 0. The number of para-hydroxylation sites is 1. The summed E-state index contributed by atoms with van der Waals surface area (Å²) in [6.45, 7) is 3.88. The van der Waals surface area contributed by atoms with Crippen LogP contribution in [0.15, 0.2) is 30.3 Å². The molecule has 0 radical (unpaired) electrons. The maximum atomic E-state index is 11.7. The van der Waals surface area contributed by atoms with E-state index in [0.29, 0.717) is 12.8 Å². The van der Waals surface area contributed by atoms with E-state index in [1.165, 1.54) is 0 Å². The second kappa shape index (κ2) is 5.61. The highest BCUT2D eigenvalue weighted by Gasteiger charge is 2.15. The first-order valence-corrected chi connectivity index (χ1v) is 7.05. The summed E-state index contributed by atoms with van der Waals surface area (Å²) in [4.78, 5) is 16.1. The Hall–Kier alpha value is -1.22. The molecule has 2 aromatic rings. The van der Waals surface area contributed by atoms with Gasteiger partial charge in [0.05, 0.1) is 10.3 Å². The van der Waals surface area contributed by atoms with Gasteiger partial charge in [0, 0.05) is 17.5 Å². The van der Waals surface area contributed by atoms with Crippen LogP contribution < -0.4 is 0 Å². The van der Waals surface area contributed by atoms with Crippen LogP contribution in [0.1, 0.15) is 24.6 Å². The van der Waals surface area contributed by atoms with E-state index in [0.717, 1.165) is 22.2 Å². The lowest BCUT2D eigenvalue weighted by Gasteiger charge is -2.10. The predicted octanol–water partition coefficient (Wildman–Crippen LogP) is 3.83. The van der Waals surface area contributed by atoms with E-state index in [1.54, 1.807) is 0 Å². The molecule has 1 aromatic heterocycles. The summed E-state index contributed by atoms with van der Waals surface area (Å²) in [5.41, 5.74) is 3.13. The number of aromatic nitrogens is 1.